The van der Waals surface area contributed by atoms with Gasteiger partial charge in [0.25, 0.3) is 0 Å². The van der Waals surface area contributed by atoms with Gasteiger partial charge in [0.15, 0.2) is 0 Å². The van der Waals surface area contributed by atoms with E-state index in [0.29, 0.717) is 17.0 Å². The van der Waals surface area contributed by atoms with Gasteiger partial charge in [0, 0.05) is 14.1 Å². The molecule has 1 aromatic carbocycles. The molecular formula is C15H17ClN2O5S. The molecule has 0 aliphatic rings. The molecule has 0 radical (unpaired) electrons. The molecule has 0 aliphatic heterocycles. The number of nitrogens with zero attached hydrogens (tertiary/aromatic N) is 2. The quantitative estimate of drug-likeness (QED) is 0.749. The van der Waals surface area contributed by atoms with Crippen molar-refractivity contribution in [3.63, 3.8) is 0 Å². The van der Waals surface area contributed by atoms with E-state index in [-0.39, 0.29) is 22.1 Å². The van der Waals surface area contributed by atoms with Crippen LogP contribution in [0.1, 0.15) is 27.4 Å². The van der Waals surface area contributed by atoms with Crippen molar-refractivity contribution in [2.24, 2.45) is 0 Å². The Morgan fingerprint density at radius 3 is 2.54 bits per heavy atom. The topological polar surface area (TPSA) is 89.7 Å². The average molecular weight is 373 g/mol. The highest BCUT2D eigenvalue weighted by molar-refractivity contribution is 7.89. The summed E-state index contributed by atoms with van der Waals surface area (Å²) in [4.78, 5) is 12.0. The van der Waals surface area contributed by atoms with Crippen LogP contribution in [0.15, 0.2) is 27.6 Å². The smallest absolute Gasteiger partial charge is 0.338 e. The summed E-state index contributed by atoms with van der Waals surface area (Å²) < 4.78 is 35.7. The minimum atomic E-state index is -3.77. The van der Waals surface area contributed by atoms with E-state index < -0.39 is 16.0 Å². The Morgan fingerprint density at radius 1 is 1.33 bits per heavy atom. The van der Waals surface area contributed by atoms with Gasteiger partial charge >= 0.3 is 5.97 Å². The Labute approximate surface area is 145 Å². The van der Waals surface area contributed by atoms with E-state index in [1.54, 1.807) is 13.8 Å². The number of aromatic nitrogens is 1. The Morgan fingerprint density at radius 2 is 2.00 bits per heavy atom. The molecule has 0 bridgehead atoms. The summed E-state index contributed by atoms with van der Waals surface area (Å²) in [7, 11) is -1.00. The Hall–Kier alpha value is -1.90. The summed E-state index contributed by atoms with van der Waals surface area (Å²) in [6, 6.07) is 3.96. The van der Waals surface area contributed by atoms with Crippen LogP contribution in [0.2, 0.25) is 5.02 Å². The van der Waals surface area contributed by atoms with E-state index in [9.17, 15) is 13.2 Å². The number of benzene rings is 1. The van der Waals surface area contributed by atoms with Gasteiger partial charge in [-0.25, -0.2) is 17.5 Å². The van der Waals surface area contributed by atoms with Crippen molar-refractivity contribution < 1.29 is 22.5 Å². The average Bonchev–Trinajstić information content (AvgIpc) is 2.83. The van der Waals surface area contributed by atoms with Gasteiger partial charge in [-0.1, -0.05) is 16.8 Å². The van der Waals surface area contributed by atoms with Crippen molar-refractivity contribution in [3.05, 3.63) is 45.8 Å². The molecule has 2 rings (SSSR count). The van der Waals surface area contributed by atoms with Gasteiger partial charge in [-0.05, 0) is 32.0 Å². The number of rotatable bonds is 5. The number of aryl methyl sites for hydroxylation is 2. The molecule has 0 fully saturated rings. The third kappa shape index (κ3) is 3.61. The second kappa shape index (κ2) is 6.92. The first-order valence-electron chi connectivity index (χ1n) is 6.95. The highest BCUT2D eigenvalue weighted by Crippen LogP contribution is 2.25. The molecule has 0 aliphatic carbocycles. The molecule has 0 saturated heterocycles. The maximum absolute atomic E-state index is 12.2. The summed E-state index contributed by atoms with van der Waals surface area (Å²) in [5.41, 5.74) is 1.40. The Bertz CT molecular complexity index is 854. The summed E-state index contributed by atoms with van der Waals surface area (Å²) in [5, 5.41) is 3.81. The van der Waals surface area contributed by atoms with Crippen LogP contribution >= 0.6 is 11.6 Å². The molecular weight excluding hydrogens is 356 g/mol. The van der Waals surface area contributed by atoms with Crippen LogP contribution in [-0.4, -0.2) is 37.9 Å². The van der Waals surface area contributed by atoms with Crippen molar-refractivity contribution in [2.75, 3.05) is 14.1 Å². The van der Waals surface area contributed by atoms with E-state index in [4.69, 9.17) is 20.9 Å². The van der Waals surface area contributed by atoms with Crippen molar-refractivity contribution in [3.8, 4) is 0 Å². The first-order valence-corrected chi connectivity index (χ1v) is 8.77. The van der Waals surface area contributed by atoms with Crippen molar-refractivity contribution in [1.82, 2.24) is 9.46 Å². The molecule has 0 N–H and O–H groups in total. The van der Waals surface area contributed by atoms with Gasteiger partial charge in [-0.2, -0.15) is 0 Å². The van der Waals surface area contributed by atoms with Crippen LogP contribution in [-0.2, 0) is 21.4 Å². The van der Waals surface area contributed by atoms with E-state index in [1.807, 2.05) is 0 Å². The predicted molar refractivity (Wildman–Crippen MR) is 87.4 cm³/mol. The molecule has 0 atom stereocenters. The zero-order chi connectivity index (χ0) is 18.1. The highest BCUT2D eigenvalue weighted by Gasteiger charge is 2.23. The summed E-state index contributed by atoms with van der Waals surface area (Å²) in [6.07, 6.45) is 0. The van der Waals surface area contributed by atoms with Crippen molar-refractivity contribution in [1.29, 1.82) is 0 Å². The van der Waals surface area contributed by atoms with Crippen LogP contribution in [0.4, 0.5) is 0 Å². The zero-order valence-corrected chi connectivity index (χ0v) is 15.2. The maximum atomic E-state index is 12.2. The third-order valence-corrected chi connectivity index (χ3v) is 5.75. The third-order valence-electron chi connectivity index (χ3n) is 3.45. The van der Waals surface area contributed by atoms with Crippen molar-refractivity contribution in [2.45, 2.75) is 25.3 Å². The molecule has 0 saturated carbocycles. The Balaban J connectivity index is 2.25. The number of carbonyl (C=O) groups is 1. The minimum absolute atomic E-state index is 0.0155. The van der Waals surface area contributed by atoms with Crippen LogP contribution < -0.4 is 0 Å². The normalized spacial score (nSPS) is 11.8. The fraction of sp³-hybridized carbons (Fsp3) is 0.333. The number of carbonyl (C=O) groups excluding carboxylic acids is 1. The number of hydrogen-bond donors (Lipinski definition) is 0. The number of sulfonamides is 1. The molecule has 7 nitrogen and oxygen atoms in total. The van der Waals surface area contributed by atoms with Gasteiger partial charge in [0.2, 0.25) is 10.0 Å². The largest absolute Gasteiger partial charge is 0.457 e. The van der Waals surface area contributed by atoms with Gasteiger partial charge in [-0.15, -0.1) is 0 Å². The second-order valence-electron chi connectivity index (χ2n) is 5.31. The molecule has 1 aromatic heterocycles. The molecule has 24 heavy (non-hydrogen) atoms. The summed E-state index contributed by atoms with van der Waals surface area (Å²) >= 11 is 5.95. The molecule has 130 valence electrons. The lowest BCUT2D eigenvalue weighted by molar-refractivity contribution is 0.0470. The van der Waals surface area contributed by atoms with Crippen LogP contribution in [0, 0.1) is 13.8 Å². The first kappa shape index (κ1) is 18.4. The molecule has 9 heteroatoms. The maximum Gasteiger partial charge on any atom is 0.338 e. The van der Waals surface area contributed by atoms with Gasteiger partial charge in [0.1, 0.15) is 17.3 Å². The summed E-state index contributed by atoms with van der Waals surface area (Å²) in [6.45, 7) is 3.44. The van der Waals surface area contributed by atoms with Crippen LogP contribution in [0.5, 0.6) is 0 Å². The first-order chi connectivity index (χ1) is 11.1. The number of esters is 1. The SMILES string of the molecule is Cc1noc(C)c1COC(=O)c1ccc(Cl)c(S(=O)(=O)N(C)C)c1. The van der Waals surface area contributed by atoms with Crippen molar-refractivity contribution >= 4 is 27.6 Å². The molecule has 0 unspecified atom stereocenters. The Kier molecular flexibility index (Phi) is 5.32. The van der Waals surface area contributed by atoms with E-state index in [0.717, 1.165) is 4.31 Å². The molecule has 1 heterocycles. The molecule has 2 aromatic rings. The van der Waals surface area contributed by atoms with E-state index in [1.165, 1.54) is 32.3 Å². The highest BCUT2D eigenvalue weighted by atomic mass is 35.5. The fourth-order valence-electron chi connectivity index (χ4n) is 1.95. The number of hydrogen-bond acceptors (Lipinski definition) is 6. The lowest BCUT2D eigenvalue weighted by atomic mass is 10.2. The fourth-order valence-corrected chi connectivity index (χ4v) is 3.35. The zero-order valence-electron chi connectivity index (χ0n) is 13.7. The molecule has 0 amide bonds. The van der Waals surface area contributed by atoms with Gasteiger partial charge < -0.3 is 9.26 Å². The monoisotopic (exact) mass is 372 g/mol. The predicted octanol–water partition coefficient (Wildman–Crippen LogP) is 2.55. The van der Waals surface area contributed by atoms with Gasteiger partial charge in [-0.3, -0.25) is 0 Å². The van der Waals surface area contributed by atoms with Crippen LogP contribution in [0.25, 0.3) is 0 Å². The van der Waals surface area contributed by atoms with E-state index in [2.05, 4.69) is 5.16 Å². The molecule has 0 spiro atoms. The number of halogens is 1. The number of ether oxygens (including phenoxy) is 1. The minimum Gasteiger partial charge on any atom is -0.457 e. The van der Waals surface area contributed by atoms with Gasteiger partial charge in [0.05, 0.1) is 21.8 Å². The standard InChI is InChI=1S/C15H17ClN2O5S/c1-9-12(10(2)23-17-9)8-22-15(19)11-5-6-13(16)14(7-11)24(20,21)18(3)4/h5-7H,8H2,1-4H3. The van der Waals surface area contributed by atoms with Crippen LogP contribution in [0.3, 0.4) is 0 Å². The second-order valence-corrected chi connectivity index (χ2v) is 7.84. The van der Waals surface area contributed by atoms with E-state index >= 15 is 0 Å². The lowest BCUT2D eigenvalue weighted by Crippen LogP contribution is -2.23. The lowest BCUT2D eigenvalue weighted by Gasteiger charge is -2.13. The summed E-state index contributed by atoms with van der Waals surface area (Å²) in [5.74, 6) is -0.103.